The van der Waals surface area contributed by atoms with E-state index in [2.05, 4.69) is 6.92 Å². The first kappa shape index (κ1) is 28.7. The molecule has 5 heteroatoms. The average Bonchev–Trinajstić information content (AvgIpc) is 2.57. The summed E-state index contributed by atoms with van der Waals surface area (Å²) < 4.78 is -0.627. The second-order valence-electron chi connectivity index (χ2n) is 7.69. The Morgan fingerprint density at radius 1 is 0.519 bits per heavy atom. The molecule has 27 heavy (non-hydrogen) atoms. The van der Waals surface area contributed by atoms with Crippen molar-refractivity contribution in [1.29, 1.82) is 0 Å². The van der Waals surface area contributed by atoms with Gasteiger partial charge in [-0.1, -0.05) is 84.0 Å². The Kier molecular flexibility index (Phi) is 18.6. The smallest absolute Gasteiger partial charge is 0.325 e. The molecule has 0 rings (SSSR count). The van der Waals surface area contributed by atoms with Gasteiger partial charge in [-0.05, 0) is 12.8 Å². The third-order valence-corrected chi connectivity index (χ3v) is 5.46. The molecule has 0 heterocycles. The van der Waals surface area contributed by atoms with E-state index in [1.807, 2.05) is 0 Å². The minimum absolute atomic E-state index is 0. The van der Waals surface area contributed by atoms with Crippen molar-refractivity contribution in [3.05, 3.63) is 0 Å². The Labute approximate surface area is 177 Å². The highest BCUT2D eigenvalue weighted by atomic mass is 79.9. The fraction of sp³-hybridized carbons (Fsp3) is 0.864. The first-order valence-corrected chi connectivity index (χ1v) is 10.8. The summed E-state index contributed by atoms with van der Waals surface area (Å²) in [5, 5.41) is 0. The van der Waals surface area contributed by atoms with Crippen LogP contribution >= 0.6 is 0 Å². The zero-order valence-corrected chi connectivity index (χ0v) is 19.7. The number of imide groups is 3. The maximum Gasteiger partial charge on any atom is 0.325 e. The van der Waals surface area contributed by atoms with E-state index in [0.29, 0.717) is 6.54 Å². The number of nitrogens with zero attached hydrogens (tertiary/aromatic N) is 1. The van der Waals surface area contributed by atoms with Gasteiger partial charge in [-0.3, -0.25) is 0 Å². The summed E-state index contributed by atoms with van der Waals surface area (Å²) in [6.07, 6.45) is 17.6. The molecule has 4 nitrogen and oxygen atoms in total. The van der Waals surface area contributed by atoms with Gasteiger partial charge in [0.15, 0.2) is 0 Å². The monoisotopic (exact) mass is 447 g/mol. The van der Waals surface area contributed by atoms with Gasteiger partial charge >= 0.3 is 17.7 Å². The fourth-order valence-electron chi connectivity index (χ4n) is 3.68. The van der Waals surface area contributed by atoms with Gasteiger partial charge in [0, 0.05) is 0 Å². The number of hydrogen-bond acceptors (Lipinski definition) is 3. The normalized spacial score (nSPS) is 11.1. The Balaban J connectivity index is 0. The molecule has 0 saturated heterocycles. The van der Waals surface area contributed by atoms with Crippen LogP contribution in [0.25, 0.3) is 0 Å². The van der Waals surface area contributed by atoms with Crippen molar-refractivity contribution in [2.24, 2.45) is 0 Å². The molecular formula is C22H42BrNO3. The average molecular weight is 448 g/mol. The summed E-state index contributed by atoms with van der Waals surface area (Å²) >= 11 is 0. The van der Waals surface area contributed by atoms with E-state index in [9.17, 15) is 14.4 Å². The number of carbonyl (C=O) groups excluding carboxylic acids is 3. The highest BCUT2D eigenvalue weighted by Gasteiger charge is 2.43. The van der Waals surface area contributed by atoms with Gasteiger partial charge in [-0.2, -0.15) is 0 Å². The molecule has 0 aliphatic carbocycles. The lowest BCUT2D eigenvalue weighted by atomic mass is 10.0. The van der Waals surface area contributed by atoms with Crippen LogP contribution in [0, 0.1) is 0 Å². The molecule has 0 aromatic heterocycles. The lowest BCUT2D eigenvalue weighted by Gasteiger charge is -2.27. The van der Waals surface area contributed by atoms with Gasteiger partial charge in [-0.15, -0.1) is 4.48 Å². The van der Waals surface area contributed by atoms with Gasteiger partial charge in [-0.25, -0.2) is 14.4 Å². The summed E-state index contributed by atoms with van der Waals surface area (Å²) in [5.41, 5.74) is 0. The number of rotatable bonds is 15. The highest BCUT2D eigenvalue weighted by Crippen LogP contribution is 2.16. The van der Waals surface area contributed by atoms with Crippen molar-refractivity contribution in [2.75, 3.05) is 6.54 Å². The van der Waals surface area contributed by atoms with E-state index >= 15 is 0 Å². The molecule has 0 radical (unpaired) electrons. The van der Waals surface area contributed by atoms with Crippen molar-refractivity contribution in [1.82, 2.24) is 0 Å². The van der Waals surface area contributed by atoms with E-state index in [-0.39, 0.29) is 34.7 Å². The summed E-state index contributed by atoms with van der Waals surface area (Å²) in [5.74, 6) is -1.08. The van der Waals surface area contributed by atoms with Crippen LogP contribution in [0.4, 0.5) is 0 Å². The van der Waals surface area contributed by atoms with Crippen molar-refractivity contribution in [3.63, 3.8) is 0 Å². The predicted molar refractivity (Wildman–Crippen MR) is 107 cm³/mol. The summed E-state index contributed by atoms with van der Waals surface area (Å²) in [4.78, 5) is 35.5. The second-order valence-corrected chi connectivity index (χ2v) is 7.69. The number of carbonyl (C=O) groups is 3. The van der Waals surface area contributed by atoms with Crippen molar-refractivity contribution < 1.29 is 35.8 Å². The minimum Gasteiger partial charge on any atom is -1.00 e. The zero-order valence-electron chi connectivity index (χ0n) is 18.2. The number of halogens is 1. The quantitative estimate of drug-likeness (QED) is 0.286. The van der Waals surface area contributed by atoms with Crippen LogP contribution in [-0.4, -0.2) is 28.7 Å². The molecule has 0 bridgehead atoms. The molecule has 0 aliphatic heterocycles. The first-order valence-electron chi connectivity index (χ1n) is 10.8. The molecule has 0 atom stereocenters. The molecule has 0 saturated carbocycles. The van der Waals surface area contributed by atoms with Crippen LogP contribution in [0.15, 0.2) is 0 Å². The predicted octanol–water partition coefficient (Wildman–Crippen LogP) is 2.93. The molecule has 0 unspecified atom stereocenters. The van der Waals surface area contributed by atoms with Gasteiger partial charge < -0.3 is 17.0 Å². The fourth-order valence-corrected chi connectivity index (χ4v) is 3.68. The molecule has 0 fully saturated rings. The van der Waals surface area contributed by atoms with Gasteiger partial charge in [0.25, 0.3) is 0 Å². The Hall–Kier alpha value is -0.550. The Morgan fingerprint density at radius 2 is 0.778 bits per heavy atom. The number of hydrogen-bond donors (Lipinski definition) is 0. The minimum atomic E-state index is -0.627. The Bertz CT molecular complexity index is 388. The standard InChI is InChI=1S/C22H42NO3.BrH/c1-5-6-7-8-9-10-11-12-13-14-15-16-17-18-19-23(20(2)24,21(3)25)22(4)26;/h5-19H2,1-4H3;1H/q+1;/p-1. The maximum absolute atomic E-state index is 11.8. The van der Waals surface area contributed by atoms with Gasteiger partial charge in [0.05, 0.1) is 20.8 Å². The summed E-state index contributed by atoms with van der Waals surface area (Å²) in [7, 11) is 0. The molecule has 0 aromatic rings. The molecule has 0 aromatic carbocycles. The molecule has 0 aliphatic rings. The topological polar surface area (TPSA) is 51.2 Å². The van der Waals surface area contributed by atoms with E-state index in [1.54, 1.807) is 0 Å². The SMILES string of the molecule is CCCCCCCCCCCCCCCC[N+](C(C)=O)(C(C)=O)C(C)=O.[Br-]. The Morgan fingerprint density at radius 3 is 1.04 bits per heavy atom. The van der Waals surface area contributed by atoms with Crippen LogP contribution in [0.3, 0.4) is 0 Å². The van der Waals surface area contributed by atoms with Crippen LogP contribution in [0.1, 0.15) is 118 Å². The number of unbranched alkanes of at least 4 members (excludes halogenated alkanes) is 13. The maximum atomic E-state index is 11.8. The molecular weight excluding hydrogens is 406 g/mol. The van der Waals surface area contributed by atoms with E-state index < -0.39 is 4.48 Å². The van der Waals surface area contributed by atoms with E-state index in [1.165, 1.54) is 91.4 Å². The van der Waals surface area contributed by atoms with Gasteiger partial charge in [0.1, 0.15) is 6.54 Å². The third kappa shape index (κ3) is 11.8. The van der Waals surface area contributed by atoms with E-state index in [0.717, 1.165) is 19.3 Å². The first-order chi connectivity index (χ1) is 12.4. The molecule has 160 valence electrons. The summed E-state index contributed by atoms with van der Waals surface area (Å²) in [6, 6.07) is 0. The van der Waals surface area contributed by atoms with Gasteiger partial charge in [0.2, 0.25) is 0 Å². The molecule has 3 amide bonds. The number of amides is 3. The van der Waals surface area contributed by atoms with Crippen molar-refractivity contribution >= 4 is 17.7 Å². The number of quaternary nitrogens is 1. The third-order valence-electron chi connectivity index (χ3n) is 5.46. The molecule has 0 N–H and O–H groups in total. The largest absolute Gasteiger partial charge is 1.00 e. The van der Waals surface area contributed by atoms with Crippen LogP contribution in [-0.2, 0) is 14.4 Å². The highest BCUT2D eigenvalue weighted by molar-refractivity contribution is 5.95. The molecule has 0 spiro atoms. The van der Waals surface area contributed by atoms with Crippen LogP contribution in [0.2, 0.25) is 0 Å². The van der Waals surface area contributed by atoms with Crippen LogP contribution < -0.4 is 17.0 Å². The second kappa shape index (κ2) is 17.5. The lowest BCUT2D eigenvalue weighted by molar-refractivity contribution is -0.701. The van der Waals surface area contributed by atoms with E-state index in [4.69, 9.17) is 0 Å². The van der Waals surface area contributed by atoms with Crippen LogP contribution in [0.5, 0.6) is 0 Å². The van der Waals surface area contributed by atoms with Crippen molar-refractivity contribution in [3.8, 4) is 0 Å². The zero-order chi connectivity index (χ0) is 19.8. The summed E-state index contributed by atoms with van der Waals surface area (Å²) in [6.45, 7) is 6.59. The lowest BCUT2D eigenvalue weighted by Crippen LogP contribution is -3.00. The van der Waals surface area contributed by atoms with Crippen molar-refractivity contribution in [2.45, 2.75) is 118 Å².